The van der Waals surface area contributed by atoms with Crippen LogP contribution in [0.25, 0.3) is 0 Å². The van der Waals surface area contributed by atoms with Crippen LogP contribution in [-0.2, 0) is 0 Å². The second-order valence-electron chi connectivity index (χ2n) is 5.51. The summed E-state index contributed by atoms with van der Waals surface area (Å²) in [6.07, 6.45) is 5.70. The Balaban J connectivity index is 2.46. The third-order valence-corrected chi connectivity index (χ3v) is 4.37. The van der Waals surface area contributed by atoms with Gasteiger partial charge in [-0.25, -0.2) is 0 Å². The second-order valence-corrected chi connectivity index (χ2v) is 5.51. The van der Waals surface area contributed by atoms with Crippen LogP contribution in [0.3, 0.4) is 0 Å². The van der Waals surface area contributed by atoms with Gasteiger partial charge in [0.25, 0.3) is 0 Å². The van der Waals surface area contributed by atoms with Gasteiger partial charge in [-0.2, -0.15) is 0 Å². The number of allylic oxidation sites excluding steroid dienone is 1. The van der Waals surface area contributed by atoms with Crippen LogP contribution in [0.15, 0.2) is 12.2 Å². The van der Waals surface area contributed by atoms with Gasteiger partial charge in [-0.15, -0.1) is 0 Å². The zero-order valence-corrected chi connectivity index (χ0v) is 10.3. The van der Waals surface area contributed by atoms with Crippen molar-refractivity contribution in [2.75, 3.05) is 0 Å². The largest absolute Gasteiger partial charge is 0.0999 e. The third-order valence-electron chi connectivity index (χ3n) is 4.37. The lowest BCUT2D eigenvalue weighted by Crippen LogP contribution is -2.25. The molecule has 1 fully saturated rings. The fraction of sp³-hybridized carbons (Fsp3) is 0.857. The minimum absolute atomic E-state index is 0.716. The average molecular weight is 194 g/mol. The van der Waals surface area contributed by atoms with Gasteiger partial charge in [-0.3, -0.25) is 0 Å². The molecule has 0 amide bonds. The van der Waals surface area contributed by atoms with E-state index < -0.39 is 0 Å². The van der Waals surface area contributed by atoms with E-state index in [1.165, 1.54) is 31.3 Å². The Morgan fingerprint density at radius 1 is 1.36 bits per heavy atom. The van der Waals surface area contributed by atoms with E-state index in [-0.39, 0.29) is 0 Å². The smallest absolute Gasteiger partial charge is 0.0234 e. The van der Waals surface area contributed by atoms with Crippen LogP contribution in [0.5, 0.6) is 0 Å². The van der Waals surface area contributed by atoms with Crippen molar-refractivity contribution in [1.82, 2.24) is 0 Å². The lowest BCUT2D eigenvalue weighted by molar-refractivity contribution is 0.161. The normalized spacial score (nSPS) is 35.3. The van der Waals surface area contributed by atoms with Crippen LogP contribution in [0.2, 0.25) is 0 Å². The van der Waals surface area contributed by atoms with Crippen molar-refractivity contribution in [3.8, 4) is 0 Å². The first kappa shape index (κ1) is 11.8. The molecule has 0 nitrogen and oxygen atoms in total. The molecule has 4 unspecified atom stereocenters. The summed E-state index contributed by atoms with van der Waals surface area (Å²) >= 11 is 0. The molecule has 1 rings (SSSR count). The molecule has 1 aliphatic carbocycles. The van der Waals surface area contributed by atoms with E-state index in [1.807, 2.05) is 0 Å². The van der Waals surface area contributed by atoms with Crippen LogP contribution < -0.4 is 0 Å². The van der Waals surface area contributed by atoms with E-state index in [2.05, 4.69) is 34.3 Å². The summed E-state index contributed by atoms with van der Waals surface area (Å²) in [5.74, 6) is 3.52. The van der Waals surface area contributed by atoms with Gasteiger partial charge in [-0.1, -0.05) is 52.2 Å². The number of rotatable bonds is 3. The molecule has 0 aromatic carbocycles. The van der Waals surface area contributed by atoms with E-state index in [1.54, 1.807) is 0 Å². The predicted octanol–water partition coefficient (Wildman–Crippen LogP) is 4.66. The van der Waals surface area contributed by atoms with E-state index in [0.29, 0.717) is 5.92 Å². The van der Waals surface area contributed by atoms with Crippen molar-refractivity contribution in [3.05, 3.63) is 12.2 Å². The molecule has 82 valence electrons. The summed E-state index contributed by atoms with van der Waals surface area (Å²) in [4.78, 5) is 0. The first-order valence-corrected chi connectivity index (χ1v) is 6.17. The van der Waals surface area contributed by atoms with E-state index >= 15 is 0 Å². The highest BCUT2D eigenvalue weighted by Crippen LogP contribution is 2.38. The molecule has 0 bridgehead atoms. The Hall–Kier alpha value is -0.260. The molecule has 0 aromatic rings. The van der Waals surface area contributed by atoms with Crippen molar-refractivity contribution < 1.29 is 0 Å². The fourth-order valence-corrected chi connectivity index (χ4v) is 2.68. The molecular weight excluding hydrogens is 168 g/mol. The molecule has 0 spiro atoms. The van der Waals surface area contributed by atoms with Crippen LogP contribution >= 0.6 is 0 Å². The molecule has 4 atom stereocenters. The first-order valence-electron chi connectivity index (χ1n) is 6.17. The quantitative estimate of drug-likeness (QED) is 0.573. The first-order chi connectivity index (χ1) is 6.52. The molecule has 0 heterocycles. The minimum Gasteiger partial charge on any atom is -0.0999 e. The zero-order chi connectivity index (χ0) is 10.7. The summed E-state index contributed by atoms with van der Waals surface area (Å²) in [5.41, 5.74) is 1.36. The number of hydrogen-bond donors (Lipinski definition) is 0. The molecule has 0 N–H and O–H groups in total. The molecule has 1 saturated carbocycles. The van der Waals surface area contributed by atoms with Crippen molar-refractivity contribution >= 4 is 0 Å². The van der Waals surface area contributed by atoms with Gasteiger partial charge in [-0.05, 0) is 37.0 Å². The van der Waals surface area contributed by atoms with Crippen molar-refractivity contribution in [2.45, 2.75) is 53.4 Å². The van der Waals surface area contributed by atoms with Gasteiger partial charge in [0.05, 0.1) is 0 Å². The molecule has 0 saturated heterocycles. The second kappa shape index (κ2) is 5.00. The Kier molecular flexibility index (Phi) is 4.22. The summed E-state index contributed by atoms with van der Waals surface area (Å²) in [7, 11) is 0. The van der Waals surface area contributed by atoms with Crippen LogP contribution in [0.1, 0.15) is 53.4 Å². The lowest BCUT2D eigenvalue weighted by atomic mass is 9.70. The Morgan fingerprint density at radius 3 is 2.57 bits per heavy atom. The summed E-state index contributed by atoms with van der Waals surface area (Å²) in [6.45, 7) is 13.4. The SMILES string of the molecule is C=C(C)C(C)CC1CCCC(C)C1C. The van der Waals surface area contributed by atoms with Crippen molar-refractivity contribution in [3.63, 3.8) is 0 Å². The molecule has 0 aromatic heterocycles. The monoisotopic (exact) mass is 194 g/mol. The maximum atomic E-state index is 4.06. The van der Waals surface area contributed by atoms with E-state index in [0.717, 1.165) is 17.8 Å². The fourth-order valence-electron chi connectivity index (χ4n) is 2.68. The zero-order valence-electron chi connectivity index (χ0n) is 10.3. The highest BCUT2D eigenvalue weighted by Gasteiger charge is 2.27. The van der Waals surface area contributed by atoms with Crippen LogP contribution in [0, 0.1) is 23.7 Å². The summed E-state index contributed by atoms with van der Waals surface area (Å²) < 4.78 is 0. The third kappa shape index (κ3) is 2.87. The maximum absolute atomic E-state index is 4.06. The minimum atomic E-state index is 0.716. The Bertz CT molecular complexity index is 192. The van der Waals surface area contributed by atoms with Crippen molar-refractivity contribution in [2.24, 2.45) is 23.7 Å². The van der Waals surface area contributed by atoms with Crippen LogP contribution in [-0.4, -0.2) is 0 Å². The van der Waals surface area contributed by atoms with Gasteiger partial charge in [0.2, 0.25) is 0 Å². The number of hydrogen-bond acceptors (Lipinski definition) is 0. The topological polar surface area (TPSA) is 0 Å². The van der Waals surface area contributed by atoms with Gasteiger partial charge < -0.3 is 0 Å². The van der Waals surface area contributed by atoms with Gasteiger partial charge in [0, 0.05) is 0 Å². The molecule has 0 radical (unpaired) electrons. The highest BCUT2D eigenvalue weighted by atomic mass is 14.3. The van der Waals surface area contributed by atoms with Gasteiger partial charge in [0.15, 0.2) is 0 Å². The van der Waals surface area contributed by atoms with Gasteiger partial charge in [0.1, 0.15) is 0 Å². The molecular formula is C14H26. The highest BCUT2D eigenvalue weighted by molar-refractivity contribution is 4.95. The Morgan fingerprint density at radius 2 is 2.00 bits per heavy atom. The lowest BCUT2D eigenvalue weighted by Gasteiger charge is -2.35. The maximum Gasteiger partial charge on any atom is -0.0234 e. The van der Waals surface area contributed by atoms with Crippen molar-refractivity contribution in [1.29, 1.82) is 0 Å². The standard InChI is InChI=1S/C14H26/c1-10(2)12(4)9-14-8-6-7-11(3)13(14)5/h11-14H,1,6-9H2,2-5H3. The average Bonchev–Trinajstić information content (AvgIpc) is 2.12. The van der Waals surface area contributed by atoms with Crippen LogP contribution in [0.4, 0.5) is 0 Å². The summed E-state index contributed by atoms with van der Waals surface area (Å²) in [5, 5.41) is 0. The predicted molar refractivity (Wildman–Crippen MR) is 64.3 cm³/mol. The molecule has 1 aliphatic rings. The van der Waals surface area contributed by atoms with E-state index in [4.69, 9.17) is 0 Å². The Labute approximate surface area is 89.8 Å². The molecule has 0 aliphatic heterocycles. The van der Waals surface area contributed by atoms with E-state index in [9.17, 15) is 0 Å². The molecule has 14 heavy (non-hydrogen) atoms. The molecule has 0 heteroatoms. The van der Waals surface area contributed by atoms with Gasteiger partial charge >= 0.3 is 0 Å². The summed E-state index contributed by atoms with van der Waals surface area (Å²) in [6, 6.07) is 0.